The maximum Gasteiger partial charge on any atom is 0.335 e. The topological polar surface area (TPSA) is 94.2 Å². The summed E-state index contributed by atoms with van der Waals surface area (Å²) in [5, 5.41) is 2.34. The number of rotatable bonds is 10. The number of urea groups is 1. The average molecular weight is 553 g/mol. The molecule has 4 rings (SSSR count). The van der Waals surface area contributed by atoms with Crippen molar-refractivity contribution in [3.05, 3.63) is 88.2 Å². The number of ether oxygens (including phenoxy) is 3. The van der Waals surface area contributed by atoms with Gasteiger partial charge < -0.3 is 14.2 Å². The Morgan fingerprint density at radius 3 is 2.49 bits per heavy atom. The zero-order chi connectivity index (χ0) is 27.9. The number of methoxy groups -OCH3 is 1. The van der Waals surface area contributed by atoms with E-state index in [1.807, 2.05) is 0 Å². The third-order valence-corrected chi connectivity index (χ3v) is 6.08. The first-order valence-corrected chi connectivity index (χ1v) is 12.6. The zero-order valence-electron chi connectivity index (χ0n) is 21.3. The summed E-state index contributed by atoms with van der Waals surface area (Å²) in [6, 6.07) is 14.5. The Bertz CT molecular complexity index is 1420. The number of nitrogens with zero attached hydrogens (tertiary/aromatic N) is 1. The summed E-state index contributed by atoms with van der Waals surface area (Å²) in [5.74, 6) is -0.989. The fourth-order valence-corrected chi connectivity index (χ4v) is 4.10. The van der Waals surface area contributed by atoms with Crippen molar-refractivity contribution in [2.24, 2.45) is 0 Å². The van der Waals surface area contributed by atoms with Gasteiger partial charge in [0.15, 0.2) is 11.5 Å². The number of imide groups is 2. The molecule has 10 heteroatoms. The van der Waals surface area contributed by atoms with Crippen LogP contribution in [0.1, 0.15) is 30.9 Å². The van der Waals surface area contributed by atoms with Crippen molar-refractivity contribution in [1.82, 2.24) is 5.32 Å². The molecule has 3 aromatic carbocycles. The molecule has 1 fully saturated rings. The van der Waals surface area contributed by atoms with Crippen LogP contribution in [-0.2, 0) is 16.2 Å². The second-order valence-corrected chi connectivity index (χ2v) is 9.01. The summed E-state index contributed by atoms with van der Waals surface area (Å²) in [7, 11) is 1.41. The minimum atomic E-state index is -0.862. The van der Waals surface area contributed by atoms with Crippen LogP contribution in [0.15, 0.2) is 66.2 Å². The third-order valence-electron chi connectivity index (χ3n) is 5.80. The molecule has 0 aliphatic carbocycles. The molecule has 0 bridgehead atoms. The lowest BCUT2D eigenvalue weighted by atomic mass is 10.1. The number of benzene rings is 3. The predicted molar refractivity (Wildman–Crippen MR) is 145 cm³/mol. The van der Waals surface area contributed by atoms with E-state index in [1.165, 1.54) is 37.5 Å². The van der Waals surface area contributed by atoms with Crippen molar-refractivity contribution in [3.63, 3.8) is 0 Å². The SMILES string of the molecule is CCCCOc1ccc(N2C(=O)NC(=O)/C(=C/c3cc(Cl)c(OCc4cccc(F)c4)c(OC)c3)C2=O)cc1. The highest BCUT2D eigenvalue weighted by Crippen LogP contribution is 2.38. The summed E-state index contributed by atoms with van der Waals surface area (Å²) in [6.45, 7) is 2.65. The zero-order valence-corrected chi connectivity index (χ0v) is 22.1. The molecule has 39 heavy (non-hydrogen) atoms. The van der Waals surface area contributed by atoms with Crippen LogP contribution in [0.4, 0.5) is 14.9 Å². The molecule has 0 radical (unpaired) electrons. The van der Waals surface area contributed by atoms with E-state index in [9.17, 15) is 18.8 Å². The van der Waals surface area contributed by atoms with Gasteiger partial charge in [-0.15, -0.1) is 0 Å². The minimum absolute atomic E-state index is 0.0364. The summed E-state index contributed by atoms with van der Waals surface area (Å²) < 4.78 is 30.3. The number of barbiturate groups is 1. The number of unbranched alkanes of at least 4 members (excludes halogenated alkanes) is 1. The highest BCUT2D eigenvalue weighted by atomic mass is 35.5. The molecular formula is C29H26ClFN2O6. The third kappa shape index (κ3) is 6.56. The Labute approximate surface area is 229 Å². The first-order chi connectivity index (χ1) is 18.8. The fourth-order valence-electron chi connectivity index (χ4n) is 3.83. The van der Waals surface area contributed by atoms with Gasteiger partial charge in [-0.1, -0.05) is 37.1 Å². The number of hydrogen-bond donors (Lipinski definition) is 1. The molecule has 0 aromatic heterocycles. The van der Waals surface area contributed by atoms with E-state index in [-0.39, 0.29) is 34.4 Å². The standard InChI is InChI=1S/C29H26ClFN2O6/c1-3-4-12-38-22-10-8-21(9-11-22)33-28(35)23(27(34)32-29(33)36)14-19-15-24(30)26(25(16-19)37-2)39-17-18-6-5-7-20(31)13-18/h5-11,13-16H,3-4,12,17H2,1-2H3,(H,32,34,36)/b23-14-. The molecule has 4 amide bonds. The molecule has 1 saturated heterocycles. The Morgan fingerprint density at radius 2 is 1.79 bits per heavy atom. The normalized spacial score (nSPS) is 14.4. The summed E-state index contributed by atoms with van der Waals surface area (Å²) >= 11 is 6.44. The second-order valence-electron chi connectivity index (χ2n) is 8.61. The van der Waals surface area contributed by atoms with Crippen LogP contribution in [0.3, 0.4) is 0 Å². The number of amides is 4. The summed E-state index contributed by atoms with van der Waals surface area (Å²) in [6.07, 6.45) is 3.20. The number of anilines is 1. The van der Waals surface area contributed by atoms with E-state index in [1.54, 1.807) is 36.4 Å². The molecule has 202 valence electrons. The van der Waals surface area contributed by atoms with Crippen LogP contribution in [0.2, 0.25) is 5.02 Å². The van der Waals surface area contributed by atoms with E-state index in [4.69, 9.17) is 25.8 Å². The molecule has 0 saturated carbocycles. The first kappa shape index (κ1) is 27.7. The number of halogens is 2. The molecule has 8 nitrogen and oxygen atoms in total. The van der Waals surface area contributed by atoms with Crippen molar-refractivity contribution in [1.29, 1.82) is 0 Å². The van der Waals surface area contributed by atoms with Gasteiger partial charge in [0.2, 0.25) is 0 Å². The highest BCUT2D eigenvalue weighted by Gasteiger charge is 2.37. The molecule has 0 unspecified atom stereocenters. The lowest BCUT2D eigenvalue weighted by Gasteiger charge is -2.26. The van der Waals surface area contributed by atoms with Gasteiger partial charge in [-0.05, 0) is 72.2 Å². The Morgan fingerprint density at radius 1 is 1.03 bits per heavy atom. The number of nitrogens with one attached hydrogen (secondary N) is 1. The van der Waals surface area contributed by atoms with Crippen molar-refractivity contribution >= 4 is 41.2 Å². The smallest absolute Gasteiger partial charge is 0.335 e. The van der Waals surface area contributed by atoms with Gasteiger partial charge in [0, 0.05) is 0 Å². The maximum absolute atomic E-state index is 13.5. The second kappa shape index (κ2) is 12.4. The molecule has 0 atom stereocenters. The fraction of sp³-hybridized carbons (Fsp3) is 0.207. The van der Waals surface area contributed by atoms with E-state index in [0.29, 0.717) is 23.5 Å². The van der Waals surface area contributed by atoms with Crippen LogP contribution in [0.25, 0.3) is 6.08 Å². The van der Waals surface area contributed by atoms with Gasteiger partial charge in [-0.25, -0.2) is 14.1 Å². The number of carbonyl (C=O) groups excluding carboxylic acids is 3. The van der Waals surface area contributed by atoms with E-state index in [0.717, 1.165) is 17.7 Å². The quantitative estimate of drug-likeness (QED) is 0.191. The molecule has 1 aliphatic rings. The maximum atomic E-state index is 13.5. The summed E-state index contributed by atoms with van der Waals surface area (Å²) in [4.78, 5) is 39.3. The highest BCUT2D eigenvalue weighted by molar-refractivity contribution is 6.39. The monoisotopic (exact) mass is 552 g/mol. The van der Waals surface area contributed by atoms with Gasteiger partial charge in [-0.3, -0.25) is 14.9 Å². The van der Waals surface area contributed by atoms with Gasteiger partial charge in [0.1, 0.15) is 23.7 Å². The molecule has 1 N–H and O–H groups in total. The average Bonchev–Trinajstić information content (AvgIpc) is 2.91. The first-order valence-electron chi connectivity index (χ1n) is 12.2. The molecular weight excluding hydrogens is 527 g/mol. The van der Waals surface area contributed by atoms with Gasteiger partial charge in [0.05, 0.1) is 24.4 Å². The molecule has 0 spiro atoms. The van der Waals surface area contributed by atoms with Crippen molar-refractivity contribution < 1.29 is 33.0 Å². The van der Waals surface area contributed by atoms with Gasteiger partial charge >= 0.3 is 6.03 Å². The lowest BCUT2D eigenvalue weighted by molar-refractivity contribution is -0.122. The molecule has 1 heterocycles. The Hall–Kier alpha value is -4.37. The van der Waals surface area contributed by atoms with Crippen molar-refractivity contribution in [3.8, 4) is 17.2 Å². The number of carbonyl (C=O) groups is 3. The Balaban J connectivity index is 1.57. The van der Waals surface area contributed by atoms with E-state index >= 15 is 0 Å². The van der Waals surface area contributed by atoms with Gasteiger partial charge in [0.25, 0.3) is 11.8 Å². The summed E-state index contributed by atoms with van der Waals surface area (Å²) in [5.41, 5.74) is 0.955. The van der Waals surface area contributed by atoms with Crippen molar-refractivity contribution in [2.75, 3.05) is 18.6 Å². The van der Waals surface area contributed by atoms with Crippen LogP contribution < -0.4 is 24.4 Å². The van der Waals surface area contributed by atoms with Crippen LogP contribution in [0.5, 0.6) is 17.2 Å². The molecule has 3 aromatic rings. The van der Waals surface area contributed by atoms with Crippen LogP contribution in [-0.4, -0.2) is 31.6 Å². The van der Waals surface area contributed by atoms with E-state index < -0.39 is 23.7 Å². The number of hydrogen-bond acceptors (Lipinski definition) is 6. The molecule has 1 aliphatic heterocycles. The predicted octanol–water partition coefficient (Wildman–Crippen LogP) is 5.91. The Kier molecular flexibility index (Phi) is 8.83. The van der Waals surface area contributed by atoms with Crippen LogP contribution >= 0.6 is 11.6 Å². The van der Waals surface area contributed by atoms with E-state index in [2.05, 4.69) is 12.2 Å². The van der Waals surface area contributed by atoms with Gasteiger partial charge in [-0.2, -0.15) is 0 Å². The lowest BCUT2D eigenvalue weighted by Crippen LogP contribution is -2.54. The van der Waals surface area contributed by atoms with Crippen molar-refractivity contribution in [2.45, 2.75) is 26.4 Å². The minimum Gasteiger partial charge on any atom is -0.494 e. The largest absolute Gasteiger partial charge is 0.494 e. The van der Waals surface area contributed by atoms with Crippen LogP contribution in [0, 0.1) is 5.82 Å².